The Balaban J connectivity index is 2.30. The highest BCUT2D eigenvalue weighted by atomic mass is 16.9. The molecule has 100 valence electrons. The minimum absolute atomic E-state index is 0.0461. The average Bonchev–Trinajstić information content (AvgIpc) is 2.30. The number of rotatable bonds is 6. The van der Waals surface area contributed by atoms with Crippen LogP contribution in [-0.2, 0) is 28.5 Å². The summed E-state index contributed by atoms with van der Waals surface area (Å²) in [6.07, 6.45) is -1.13. The second-order valence-corrected chi connectivity index (χ2v) is 3.60. The van der Waals surface area contributed by atoms with Gasteiger partial charge in [0.05, 0.1) is 17.8 Å². The first-order valence-electron chi connectivity index (χ1n) is 5.47. The van der Waals surface area contributed by atoms with Gasteiger partial charge in [-0.1, -0.05) is 13.2 Å². The number of hydrogen-bond donors (Lipinski definition) is 0. The van der Waals surface area contributed by atoms with Crippen LogP contribution in [0.3, 0.4) is 0 Å². The third kappa shape index (κ3) is 3.68. The van der Waals surface area contributed by atoms with Gasteiger partial charge in [0.15, 0.2) is 12.6 Å². The molecule has 0 aromatic carbocycles. The molecule has 0 aromatic rings. The van der Waals surface area contributed by atoms with Crippen molar-refractivity contribution in [1.82, 2.24) is 0 Å². The standard InChI is InChI=1S/C12H16O6/c1-5-15-10(13)7(2)6-16-11(14)8(3)12-17-9(4)18-12/h9,12H,2-3,5-6H2,1,4H3. The van der Waals surface area contributed by atoms with E-state index in [1.54, 1.807) is 13.8 Å². The van der Waals surface area contributed by atoms with Crippen molar-refractivity contribution in [2.75, 3.05) is 13.2 Å². The molecule has 0 bridgehead atoms. The van der Waals surface area contributed by atoms with Crippen molar-refractivity contribution in [2.24, 2.45) is 0 Å². The summed E-state index contributed by atoms with van der Waals surface area (Å²) in [4.78, 5) is 22.7. The lowest BCUT2D eigenvalue weighted by Crippen LogP contribution is -2.42. The highest BCUT2D eigenvalue weighted by molar-refractivity contribution is 5.91. The van der Waals surface area contributed by atoms with Gasteiger partial charge in [-0.2, -0.15) is 0 Å². The molecule has 0 aromatic heterocycles. The Labute approximate surface area is 105 Å². The molecule has 0 radical (unpaired) electrons. The molecule has 1 aliphatic rings. The van der Waals surface area contributed by atoms with E-state index in [4.69, 9.17) is 14.2 Å². The minimum Gasteiger partial charge on any atom is -0.463 e. The van der Waals surface area contributed by atoms with E-state index in [1.165, 1.54) is 0 Å². The fourth-order valence-corrected chi connectivity index (χ4v) is 1.16. The van der Waals surface area contributed by atoms with Gasteiger partial charge in [0.25, 0.3) is 0 Å². The third-order valence-corrected chi connectivity index (χ3v) is 2.12. The van der Waals surface area contributed by atoms with Gasteiger partial charge >= 0.3 is 11.9 Å². The van der Waals surface area contributed by atoms with Crippen LogP contribution in [0.2, 0.25) is 0 Å². The number of carbonyl (C=O) groups is 2. The molecule has 1 heterocycles. The molecule has 0 atom stereocenters. The van der Waals surface area contributed by atoms with Gasteiger partial charge < -0.3 is 18.9 Å². The van der Waals surface area contributed by atoms with Crippen LogP contribution in [0.4, 0.5) is 0 Å². The lowest BCUT2D eigenvalue weighted by Gasteiger charge is -2.33. The lowest BCUT2D eigenvalue weighted by molar-refractivity contribution is -0.358. The lowest BCUT2D eigenvalue weighted by atomic mass is 10.2. The van der Waals surface area contributed by atoms with Crippen LogP contribution in [0.5, 0.6) is 0 Å². The van der Waals surface area contributed by atoms with Crippen LogP contribution in [0.1, 0.15) is 13.8 Å². The molecule has 0 amide bonds. The predicted octanol–water partition coefficient (Wildman–Crippen LogP) is 0.924. The highest BCUT2D eigenvalue weighted by Gasteiger charge is 2.33. The molecule has 0 N–H and O–H groups in total. The van der Waals surface area contributed by atoms with Crippen molar-refractivity contribution < 1.29 is 28.5 Å². The summed E-state index contributed by atoms with van der Waals surface area (Å²) in [6.45, 7) is 10.3. The van der Waals surface area contributed by atoms with E-state index in [9.17, 15) is 9.59 Å². The van der Waals surface area contributed by atoms with E-state index < -0.39 is 18.2 Å². The molecule has 1 saturated heterocycles. The molecule has 1 fully saturated rings. The first kappa shape index (κ1) is 14.4. The monoisotopic (exact) mass is 256 g/mol. The van der Waals surface area contributed by atoms with Crippen LogP contribution in [0.25, 0.3) is 0 Å². The molecule has 6 nitrogen and oxygen atoms in total. The zero-order chi connectivity index (χ0) is 13.7. The SMILES string of the molecule is C=C(COC(=O)C(=C)C1OC(C)O1)C(=O)OCC. The molecular formula is C12H16O6. The largest absolute Gasteiger partial charge is 0.463 e. The summed E-state index contributed by atoms with van der Waals surface area (Å²) >= 11 is 0. The quantitative estimate of drug-likeness (QED) is 0.520. The molecule has 0 aliphatic carbocycles. The Morgan fingerprint density at radius 1 is 1.17 bits per heavy atom. The Morgan fingerprint density at radius 3 is 2.28 bits per heavy atom. The zero-order valence-corrected chi connectivity index (χ0v) is 10.4. The Bertz CT molecular complexity index is 367. The number of hydrogen-bond acceptors (Lipinski definition) is 6. The Hall–Kier alpha value is -1.66. The van der Waals surface area contributed by atoms with Gasteiger partial charge in [-0.3, -0.25) is 0 Å². The highest BCUT2D eigenvalue weighted by Crippen LogP contribution is 2.22. The van der Waals surface area contributed by atoms with Crippen molar-refractivity contribution in [1.29, 1.82) is 0 Å². The number of esters is 2. The minimum atomic E-state index is -0.775. The van der Waals surface area contributed by atoms with Gasteiger partial charge in [-0.25, -0.2) is 9.59 Å². The predicted molar refractivity (Wildman–Crippen MR) is 61.3 cm³/mol. The normalized spacial score (nSPS) is 21.7. The third-order valence-electron chi connectivity index (χ3n) is 2.12. The van der Waals surface area contributed by atoms with E-state index in [0.29, 0.717) is 0 Å². The smallest absolute Gasteiger partial charge is 0.338 e. The number of ether oxygens (including phenoxy) is 4. The van der Waals surface area contributed by atoms with Crippen molar-refractivity contribution >= 4 is 11.9 Å². The number of carbonyl (C=O) groups excluding carboxylic acids is 2. The molecular weight excluding hydrogens is 240 g/mol. The molecule has 0 spiro atoms. The molecule has 1 rings (SSSR count). The Morgan fingerprint density at radius 2 is 1.78 bits per heavy atom. The van der Waals surface area contributed by atoms with Gasteiger partial charge in [-0.05, 0) is 13.8 Å². The fourth-order valence-electron chi connectivity index (χ4n) is 1.16. The van der Waals surface area contributed by atoms with Crippen molar-refractivity contribution in [3.05, 3.63) is 24.3 Å². The molecule has 6 heteroatoms. The van der Waals surface area contributed by atoms with E-state index in [-0.39, 0.29) is 30.6 Å². The fraction of sp³-hybridized carbons (Fsp3) is 0.500. The van der Waals surface area contributed by atoms with E-state index in [0.717, 1.165) is 0 Å². The van der Waals surface area contributed by atoms with E-state index in [1.807, 2.05) is 0 Å². The van der Waals surface area contributed by atoms with Crippen LogP contribution < -0.4 is 0 Å². The first-order chi connectivity index (χ1) is 8.45. The Kier molecular flexibility index (Phi) is 5.06. The first-order valence-corrected chi connectivity index (χ1v) is 5.47. The van der Waals surface area contributed by atoms with Gasteiger partial charge in [0.1, 0.15) is 6.61 Å². The van der Waals surface area contributed by atoms with Crippen LogP contribution in [-0.4, -0.2) is 37.7 Å². The summed E-state index contributed by atoms with van der Waals surface area (Å²) < 4.78 is 19.7. The van der Waals surface area contributed by atoms with Gasteiger partial charge in [0, 0.05) is 0 Å². The van der Waals surface area contributed by atoms with Crippen molar-refractivity contribution in [2.45, 2.75) is 26.4 Å². The van der Waals surface area contributed by atoms with E-state index >= 15 is 0 Å². The van der Waals surface area contributed by atoms with Crippen molar-refractivity contribution in [3.8, 4) is 0 Å². The molecule has 18 heavy (non-hydrogen) atoms. The molecule has 0 unspecified atom stereocenters. The van der Waals surface area contributed by atoms with Gasteiger partial charge in [0.2, 0.25) is 0 Å². The summed E-state index contributed by atoms with van der Waals surface area (Å²) in [5.41, 5.74) is 0.103. The maximum absolute atomic E-state index is 11.5. The maximum Gasteiger partial charge on any atom is 0.338 e. The van der Waals surface area contributed by atoms with Crippen LogP contribution >= 0.6 is 0 Å². The summed E-state index contributed by atoms with van der Waals surface area (Å²) in [5.74, 6) is -1.29. The topological polar surface area (TPSA) is 71.1 Å². The van der Waals surface area contributed by atoms with Crippen molar-refractivity contribution in [3.63, 3.8) is 0 Å². The zero-order valence-electron chi connectivity index (χ0n) is 10.4. The summed E-state index contributed by atoms with van der Waals surface area (Å²) in [7, 11) is 0. The molecule has 0 saturated carbocycles. The van der Waals surface area contributed by atoms with E-state index in [2.05, 4.69) is 17.9 Å². The second kappa shape index (κ2) is 6.32. The second-order valence-electron chi connectivity index (χ2n) is 3.60. The average molecular weight is 256 g/mol. The van der Waals surface area contributed by atoms with Crippen LogP contribution in [0.15, 0.2) is 24.3 Å². The summed E-state index contributed by atoms with van der Waals surface area (Å²) in [5, 5.41) is 0. The maximum atomic E-state index is 11.5. The van der Waals surface area contributed by atoms with Crippen LogP contribution in [0, 0.1) is 0 Å². The van der Waals surface area contributed by atoms with Gasteiger partial charge in [-0.15, -0.1) is 0 Å². The molecule has 1 aliphatic heterocycles. The summed E-state index contributed by atoms with van der Waals surface area (Å²) in [6, 6.07) is 0.